The molecule has 2 atom stereocenters. The maximum Gasteiger partial charge on any atom is 0.261 e. The highest BCUT2D eigenvalue weighted by Gasteiger charge is 2.21. The molecule has 0 bridgehead atoms. The lowest BCUT2D eigenvalue weighted by molar-refractivity contribution is -0.128. The number of amides is 1. The van der Waals surface area contributed by atoms with Gasteiger partial charge in [0.1, 0.15) is 5.75 Å². The SMILES string of the molecule is CC(C)C[C@@H](NC(=O)[C@H](C)Oc1ccccc1)c1ccccc1. The maximum atomic E-state index is 12.5. The van der Waals surface area contributed by atoms with Crippen LogP contribution in [0.2, 0.25) is 0 Å². The summed E-state index contributed by atoms with van der Waals surface area (Å²) in [6.45, 7) is 6.09. The summed E-state index contributed by atoms with van der Waals surface area (Å²) in [7, 11) is 0. The van der Waals surface area contributed by atoms with Crippen LogP contribution >= 0.6 is 0 Å². The molecule has 3 nitrogen and oxygen atoms in total. The molecule has 0 aliphatic carbocycles. The van der Waals surface area contributed by atoms with Gasteiger partial charge in [-0.25, -0.2) is 0 Å². The fraction of sp³-hybridized carbons (Fsp3) is 0.350. The third-order valence-electron chi connectivity index (χ3n) is 3.65. The first kappa shape index (κ1) is 17.1. The average Bonchev–Trinajstić information content (AvgIpc) is 2.55. The minimum Gasteiger partial charge on any atom is -0.481 e. The standard InChI is InChI=1S/C20H25NO2/c1-15(2)14-19(17-10-6-4-7-11-17)21-20(22)16(3)23-18-12-8-5-9-13-18/h4-13,15-16,19H,14H2,1-3H3,(H,21,22)/t16-,19+/m0/s1. The van der Waals surface area contributed by atoms with E-state index < -0.39 is 6.10 Å². The Balaban J connectivity index is 2.02. The Morgan fingerprint density at radius 2 is 1.52 bits per heavy atom. The number of carbonyl (C=O) groups excluding carboxylic acids is 1. The number of hydrogen-bond acceptors (Lipinski definition) is 2. The van der Waals surface area contributed by atoms with Gasteiger partial charge in [0.15, 0.2) is 6.10 Å². The Kier molecular flexibility index (Phi) is 6.21. The first-order valence-electron chi connectivity index (χ1n) is 8.13. The van der Waals surface area contributed by atoms with Crippen molar-refractivity contribution in [2.75, 3.05) is 0 Å². The predicted molar refractivity (Wildman–Crippen MR) is 93.3 cm³/mol. The van der Waals surface area contributed by atoms with Gasteiger partial charge in [0.05, 0.1) is 6.04 Å². The zero-order chi connectivity index (χ0) is 16.7. The van der Waals surface area contributed by atoms with Gasteiger partial charge in [-0.3, -0.25) is 4.79 Å². The van der Waals surface area contributed by atoms with Gasteiger partial charge >= 0.3 is 0 Å². The van der Waals surface area contributed by atoms with Gasteiger partial charge in [-0.2, -0.15) is 0 Å². The summed E-state index contributed by atoms with van der Waals surface area (Å²) in [5, 5.41) is 3.12. The van der Waals surface area contributed by atoms with E-state index in [0.29, 0.717) is 11.7 Å². The van der Waals surface area contributed by atoms with E-state index in [1.165, 1.54) is 0 Å². The van der Waals surface area contributed by atoms with Crippen molar-refractivity contribution in [3.63, 3.8) is 0 Å². The van der Waals surface area contributed by atoms with Crippen LogP contribution in [0.5, 0.6) is 5.75 Å². The molecule has 0 aromatic heterocycles. The Labute approximate surface area is 138 Å². The van der Waals surface area contributed by atoms with Crippen LogP contribution < -0.4 is 10.1 Å². The molecule has 2 aromatic carbocycles. The van der Waals surface area contributed by atoms with Gasteiger partial charge in [-0.15, -0.1) is 0 Å². The number of ether oxygens (including phenoxy) is 1. The predicted octanol–water partition coefficient (Wildman–Crippen LogP) is 4.36. The summed E-state index contributed by atoms with van der Waals surface area (Å²) in [5.74, 6) is 1.10. The molecular formula is C20H25NO2. The largest absolute Gasteiger partial charge is 0.481 e. The third-order valence-corrected chi connectivity index (χ3v) is 3.65. The number of hydrogen-bond donors (Lipinski definition) is 1. The molecule has 3 heteroatoms. The molecule has 1 N–H and O–H groups in total. The first-order chi connectivity index (χ1) is 11.1. The van der Waals surface area contributed by atoms with Gasteiger partial charge in [0.25, 0.3) is 5.91 Å². The molecule has 122 valence electrons. The zero-order valence-electron chi connectivity index (χ0n) is 14.0. The second-order valence-electron chi connectivity index (χ2n) is 6.17. The summed E-state index contributed by atoms with van der Waals surface area (Å²) in [6.07, 6.45) is 0.365. The van der Waals surface area contributed by atoms with Crippen molar-refractivity contribution in [3.05, 3.63) is 66.2 Å². The fourth-order valence-corrected chi connectivity index (χ4v) is 2.48. The number of rotatable bonds is 7. The molecule has 0 aliphatic heterocycles. The lowest BCUT2D eigenvalue weighted by atomic mass is 9.97. The molecular weight excluding hydrogens is 286 g/mol. The van der Waals surface area contributed by atoms with Gasteiger partial charge in [0, 0.05) is 0 Å². The Hall–Kier alpha value is -2.29. The first-order valence-corrected chi connectivity index (χ1v) is 8.13. The molecule has 2 rings (SSSR count). The highest BCUT2D eigenvalue weighted by molar-refractivity contribution is 5.81. The van der Waals surface area contributed by atoms with Crippen LogP contribution in [0, 0.1) is 5.92 Å². The molecule has 0 radical (unpaired) electrons. The van der Waals surface area contributed by atoms with Crippen molar-refractivity contribution in [1.82, 2.24) is 5.32 Å². The summed E-state index contributed by atoms with van der Waals surface area (Å²) in [5.41, 5.74) is 1.13. The summed E-state index contributed by atoms with van der Waals surface area (Å²) >= 11 is 0. The van der Waals surface area contributed by atoms with Crippen molar-refractivity contribution in [2.45, 2.75) is 39.3 Å². The van der Waals surface area contributed by atoms with E-state index in [1.807, 2.05) is 48.5 Å². The normalized spacial score (nSPS) is 13.4. The van der Waals surface area contributed by atoms with Crippen LogP contribution in [0.15, 0.2) is 60.7 Å². The minimum atomic E-state index is -0.532. The molecule has 0 saturated heterocycles. The van der Waals surface area contributed by atoms with E-state index in [2.05, 4.69) is 31.3 Å². The van der Waals surface area contributed by atoms with Crippen LogP contribution in [0.3, 0.4) is 0 Å². The van der Waals surface area contributed by atoms with Gasteiger partial charge < -0.3 is 10.1 Å². The fourth-order valence-electron chi connectivity index (χ4n) is 2.48. The van der Waals surface area contributed by atoms with Gasteiger partial charge in [-0.1, -0.05) is 62.4 Å². The number of nitrogens with one attached hydrogen (secondary N) is 1. The monoisotopic (exact) mass is 311 g/mol. The van der Waals surface area contributed by atoms with Crippen LogP contribution in [0.4, 0.5) is 0 Å². The van der Waals surface area contributed by atoms with Crippen molar-refractivity contribution in [2.24, 2.45) is 5.92 Å². The maximum absolute atomic E-state index is 12.5. The van der Waals surface area contributed by atoms with Gasteiger partial charge in [-0.05, 0) is 37.0 Å². The second kappa shape index (κ2) is 8.37. The van der Waals surface area contributed by atoms with Crippen molar-refractivity contribution in [3.8, 4) is 5.75 Å². The van der Waals surface area contributed by atoms with Crippen molar-refractivity contribution < 1.29 is 9.53 Å². The highest BCUT2D eigenvalue weighted by atomic mass is 16.5. The Morgan fingerprint density at radius 1 is 0.957 bits per heavy atom. The van der Waals surface area contributed by atoms with E-state index in [1.54, 1.807) is 6.92 Å². The third kappa shape index (κ3) is 5.44. The Morgan fingerprint density at radius 3 is 2.09 bits per heavy atom. The van der Waals surface area contributed by atoms with Crippen molar-refractivity contribution in [1.29, 1.82) is 0 Å². The van der Waals surface area contributed by atoms with Gasteiger partial charge in [0.2, 0.25) is 0 Å². The smallest absolute Gasteiger partial charge is 0.261 e. The van der Waals surface area contributed by atoms with E-state index in [-0.39, 0.29) is 11.9 Å². The molecule has 0 aliphatic rings. The number of benzene rings is 2. The Bertz CT molecular complexity index is 596. The van der Waals surface area contributed by atoms with Crippen molar-refractivity contribution >= 4 is 5.91 Å². The van der Waals surface area contributed by atoms with Crippen LogP contribution in [-0.2, 0) is 4.79 Å². The molecule has 0 spiro atoms. The average molecular weight is 311 g/mol. The summed E-state index contributed by atoms with van der Waals surface area (Å²) < 4.78 is 5.71. The molecule has 0 fully saturated rings. The van der Waals surface area contributed by atoms with Crippen LogP contribution in [-0.4, -0.2) is 12.0 Å². The molecule has 1 amide bonds. The van der Waals surface area contributed by atoms with Crippen LogP contribution in [0.1, 0.15) is 38.8 Å². The van der Waals surface area contributed by atoms with E-state index in [0.717, 1.165) is 12.0 Å². The second-order valence-corrected chi connectivity index (χ2v) is 6.17. The zero-order valence-corrected chi connectivity index (χ0v) is 14.0. The van der Waals surface area contributed by atoms with E-state index >= 15 is 0 Å². The number of para-hydroxylation sites is 1. The molecule has 2 aromatic rings. The number of carbonyl (C=O) groups is 1. The molecule has 23 heavy (non-hydrogen) atoms. The lowest BCUT2D eigenvalue weighted by Gasteiger charge is -2.23. The highest BCUT2D eigenvalue weighted by Crippen LogP contribution is 2.21. The van der Waals surface area contributed by atoms with Crippen LogP contribution in [0.25, 0.3) is 0 Å². The topological polar surface area (TPSA) is 38.3 Å². The van der Waals surface area contributed by atoms with E-state index in [9.17, 15) is 4.79 Å². The molecule has 0 heterocycles. The summed E-state index contributed by atoms with van der Waals surface area (Å²) in [4.78, 5) is 12.5. The molecule has 0 unspecified atom stereocenters. The summed E-state index contributed by atoms with van der Waals surface area (Å²) in [6, 6.07) is 19.5. The minimum absolute atomic E-state index is 0.00511. The van der Waals surface area contributed by atoms with E-state index in [4.69, 9.17) is 4.74 Å². The quantitative estimate of drug-likeness (QED) is 0.825. The lowest BCUT2D eigenvalue weighted by Crippen LogP contribution is -2.39. The molecule has 0 saturated carbocycles.